The Morgan fingerprint density at radius 2 is 1.84 bits per heavy atom. The molecule has 4 heterocycles. The number of rotatable bonds is 8. The Bertz CT molecular complexity index is 1410. The average molecular weight is 629 g/mol. The Kier molecular flexibility index (Phi) is 8.47. The van der Waals surface area contributed by atoms with Gasteiger partial charge in [-0.1, -0.05) is 0 Å². The molecule has 1 N–H and O–H groups in total. The molecule has 1 saturated carbocycles. The molecule has 3 aliphatic heterocycles. The lowest BCUT2D eigenvalue weighted by Crippen LogP contribution is -2.61. The maximum absolute atomic E-state index is 14.2. The summed E-state index contributed by atoms with van der Waals surface area (Å²) < 4.78 is 48.2. The van der Waals surface area contributed by atoms with Crippen molar-refractivity contribution in [2.75, 3.05) is 44.2 Å². The smallest absolute Gasteiger partial charge is 0.326 e. The van der Waals surface area contributed by atoms with Crippen molar-refractivity contribution >= 4 is 17.6 Å². The van der Waals surface area contributed by atoms with Crippen molar-refractivity contribution in [3.63, 3.8) is 0 Å². The number of hydrogen-bond acceptors (Lipinski definition) is 7. The molecule has 0 radical (unpaired) electrons. The summed E-state index contributed by atoms with van der Waals surface area (Å²) in [5.41, 5.74) is -0.378. The number of alkyl halides is 2. The van der Waals surface area contributed by atoms with E-state index in [1.807, 2.05) is 20.8 Å². The number of amides is 2. The zero-order chi connectivity index (χ0) is 32.0. The zero-order valence-electron chi connectivity index (χ0n) is 26.3. The van der Waals surface area contributed by atoms with E-state index in [4.69, 9.17) is 4.74 Å². The van der Waals surface area contributed by atoms with Crippen LogP contribution in [0.4, 0.5) is 19.0 Å². The molecule has 6 rings (SSSR count). The van der Waals surface area contributed by atoms with Gasteiger partial charge in [0, 0.05) is 49.6 Å². The molecule has 2 spiro atoms. The second-order valence-corrected chi connectivity index (χ2v) is 13.9. The Morgan fingerprint density at radius 3 is 2.47 bits per heavy atom. The van der Waals surface area contributed by atoms with Crippen LogP contribution in [0, 0.1) is 17.2 Å². The minimum atomic E-state index is -3.24. The molecule has 3 saturated heterocycles. The van der Waals surface area contributed by atoms with E-state index in [9.17, 15) is 22.8 Å². The van der Waals surface area contributed by atoms with Crippen LogP contribution in [0.1, 0.15) is 76.1 Å². The van der Waals surface area contributed by atoms with Gasteiger partial charge in [-0.05, 0) is 96.5 Å². The molecule has 0 unspecified atom stereocenters. The van der Waals surface area contributed by atoms with Gasteiger partial charge in [0.2, 0.25) is 0 Å². The highest BCUT2D eigenvalue weighted by atomic mass is 19.3. The van der Waals surface area contributed by atoms with Gasteiger partial charge in [0.1, 0.15) is 17.9 Å². The SMILES string of the molecule is CCN(C(=O)c1cc(F)ccc1Oc1cncnc1N1CC2(CCN(CC3CCC4(CC3)CC(F)(F)C(=O)N4)CC2)C1)C(C)C. The van der Waals surface area contributed by atoms with Gasteiger partial charge in [0.05, 0.1) is 11.8 Å². The number of likely N-dealkylation sites (tertiary alicyclic amines) is 1. The maximum atomic E-state index is 14.2. The molecule has 0 atom stereocenters. The second-order valence-electron chi connectivity index (χ2n) is 13.9. The summed E-state index contributed by atoms with van der Waals surface area (Å²) >= 11 is 0. The minimum Gasteiger partial charge on any atom is -0.451 e. The summed E-state index contributed by atoms with van der Waals surface area (Å²) in [5.74, 6) is -3.36. The number of carbonyl (C=O) groups is 2. The number of ether oxygens (including phenoxy) is 1. The molecule has 0 bridgehead atoms. The quantitative estimate of drug-likeness (QED) is 0.426. The van der Waals surface area contributed by atoms with Crippen molar-refractivity contribution in [1.82, 2.24) is 25.1 Å². The molecule has 1 aliphatic carbocycles. The molecule has 4 fully saturated rings. The van der Waals surface area contributed by atoms with Crippen molar-refractivity contribution < 1.29 is 27.5 Å². The molecule has 2 aromatic rings. The van der Waals surface area contributed by atoms with E-state index in [1.165, 1.54) is 24.5 Å². The average Bonchev–Trinajstić information content (AvgIpc) is 3.21. The van der Waals surface area contributed by atoms with Gasteiger partial charge in [0.25, 0.3) is 11.8 Å². The van der Waals surface area contributed by atoms with Crippen LogP contribution in [0.15, 0.2) is 30.7 Å². The number of aromatic nitrogens is 2. The fourth-order valence-electron chi connectivity index (χ4n) is 7.80. The lowest BCUT2D eigenvalue weighted by Gasteiger charge is -2.55. The minimum absolute atomic E-state index is 0.0512. The van der Waals surface area contributed by atoms with E-state index in [1.54, 1.807) is 11.1 Å². The van der Waals surface area contributed by atoms with Gasteiger partial charge >= 0.3 is 5.92 Å². The monoisotopic (exact) mass is 628 g/mol. The number of hydrogen-bond donors (Lipinski definition) is 1. The van der Waals surface area contributed by atoms with Crippen LogP contribution in [-0.2, 0) is 4.79 Å². The third kappa shape index (κ3) is 6.35. The molecule has 45 heavy (non-hydrogen) atoms. The first-order valence-electron chi connectivity index (χ1n) is 16.2. The summed E-state index contributed by atoms with van der Waals surface area (Å²) in [4.78, 5) is 40.0. The maximum Gasteiger partial charge on any atom is 0.326 e. The third-order valence-electron chi connectivity index (χ3n) is 10.4. The van der Waals surface area contributed by atoms with Crippen molar-refractivity contribution in [2.24, 2.45) is 11.3 Å². The van der Waals surface area contributed by atoms with E-state index in [-0.39, 0.29) is 35.1 Å². The summed E-state index contributed by atoms with van der Waals surface area (Å²) in [6.07, 6.45) is 7.77. The van der Waals surface area contributed by atoms with E-state index >= 15 is 0 Å². The van der Waals surface area contributed by atoms with Gasteiger partial charge < -0.3 is 24.8 Å². The van der Waals surface area contributed by atoms with Crippen LogP contribution in [0.5, 0.6) is 11.5 Å². The van der Waals surface area contributed by atoms with E-state index < -0.39 is 23.2 Å². The number of nitrogens with zero attached hydrogens (tertiary/aromatic N) is 5. The Labute approximate surface area is 262 Å². The Morgan fingerprint density at radius 1 is 1.13 bits per heavy atom. The molecule has 244 valence electrons. The first-order valence-corrected chi connectivity index (χ1v) is 16.2. The van der Waals surface area contributed by atoms with Crippen LogP contribution < -0.4 is 15.0 Å². The molecule has 1 aromatic heterocycles. The lowest BCUT2D eigenvalue weighted by molar-refractivity contribution is -0.139. The molecule has 2 amide bonds. The zero-order valence-corrected chi connectivity index (χ0v) is 26.3. The van der Waals surface area contributed by atoms with Gasteiger partial charge in [-0.3, -0.25) is 9.59 Å². The highest BCUT2D eigenvalue weighted by Gasteiger charge is 2.56. The van der Waals surface area contributed by atoms with Crippen LogP contribution in [0.3, 0.4) is 0 Å². The van der Waals surface area contributed by atoms with Crippen molar-refractivity contribution in [1.29, 1.82) is 0 Å². The van der Waals surface area contributed by atoms with Gasteiger partial charge in [-0.2, -0.15) is 8.78 Å². The number of piperidine rings is 1. The molecule has 9 nitrogen and oxygen atoms in total. The fourth-order valence-corrected chi connectivity index (χ4v) is 7.80. The van der Waals surface area contributed by atoms with Crippen LogP contribution >= 0.6 is 0 Å². The number of carbonyl (C=O) groups excluding carboxylic acids is 2. The van der Waals surface area contributed by atoms with E-state index in [0.717, 1.165) is 58.4 Å². The van der Waals surface area contributed by atoms with E-state index in [2.05, 4.69) is 25.1 Å². The number of anilines is 1. The highest BCUT2D eigenvalue weighted by Crippen LogP contribution is 2.47. The first-order chi connectivity index (χ1) is 21.4. The summed E-state index contributed by atoms with van der Waals surface area (Å²) in [6, 6.07) is 3.93. The molecular weight excluding hydrogens is 585 g/mol. The summed E-state index contributed by atoms with van der Waals surface area (Å²) in [6.45, 7) is 10.8. The standard InChI is InChI=1S/C33H43F3N6O3/c1-4-42(22(2)3)29(43)25-15-24(34)5-6-26(25)45-27-16-37-21-38-28(27)41-19-31(20-41)11-13-40(14-12-31)17-23-7-9-32(10-8-23)18-33(35,36)30(44)39-32/h5-6,15-16,21-23H,4,7-14,17-20H2,1-3H3,(H,39,44). The Hall–Kier alpha value is -3.41. The van der Waals surface area contributed by atoms with E-state index in [0.29, 0.717) is 36.9 Å². The van der Waals surface area contributed by atoms with Gasteiger partial charge in [0.15, 0.2) is 11.6 Å². The third-order valence-corrected chi connectivity index (χ3v) is 10.4. The largest absolute Gasteiger partial charge is 0.451 e. The molecule has 1 aromatic carbocycles. The van der Waals surface area contributed by atoms with Gasteiger partial charge in [-0.25, -0.2) is 14.4 Å². The predicted octanol–water partition coefficient (Wildman–Crippen LogP) is 5.26. The number of benzene rings is 1. The van der Waals surface area contributed by atoms with Crippen LogP contribution in [0.25, 0.3) is 0 Å². The normalized spacial score (nSPS) is 25.8. The summed E-state index contributed by atoms with van der Waals surface area (Å²) in [7, 11) is 0. The highest BCUT2D eigenvalue weighted by molar-refractivity contribution is 5.97. The van der Waals surface area contributed by atoms with Crippen molar-refractivity contribution in [3.8, 4) is 11.5 Å². The second kappa shape index (κ2) is 12.1. The Balaban J connectivity index is 1.04. The van der Waals surface area contributed by atoms with Crippen molar-refractivity contribution in [2.45, 2.75) is 83.2 Å². The topological polar surface area (TPSA) is 90.9 Å². The molecular formula is C33H43F3N6O3. The lowest BCUT2D eigenvalue weighted by atomic mass is 9.71. The van der Waals surface area contributed by atoms with Crippen molar-refractivity contribution in [3.05, 3.63) is 42.1 Å². The molecule has 12 heteroatoms. The fraction of sp³-hybridized carbons (Fsp3) is 0.636. The first kappa shape index (κ1) is 31.6. The number of nitrogens with one attached hydrogen (secondary N) is 1. The van der Waals surface area contributed by atoms with Crippen LogP contribution in [-0.4, -0.2) is 88.4 Å². The van der Waals surface area contributed by atoms with Gasteiger partial charge in [-0.15, -0.1) is 0 Å². The van der Waals surface area contributed by atoms with Crippen LogP contribution in [0.2, 0.25) is 0 Å². The predicted molar refractivity (Wildman–Crippen MR) is 163 cm³/mol. The summed E-state index contributed by atoms with van der Waals surface area (Å²) in [5, 5.41) is 2.61. The molecule has 4 aliphatic rings. The number of halogens is 3.